The van der Waals surface area contributed by atoms with Crippen LogP contribution in [0.3, 0.4) is 0 Å². The molecule has 0 bridgehead atoms. The number of fused-ring (bicyclic) bond motifs is 1. The van der Waals surface area contributed by atoms with Crippen molar-refractivity contribution in [2.45, 2.75) is 117 Å². The fourth-order valence-electron chi connectivity index (χ4n) is 6.11. The van der Waals surface area contributed by atoms with E-state index in [4.69, 9.17) is 0 Å². The van der Waals surface area contributed by atoms with Crippen LogP contribution in [0.15, 0.2) is 0 Å². The lowest BCUT2D eigenvalue weighted by molar-refractivity contribution is -0.130. The molecule has 0 amide bonds. The maximum atomic E-state index is 12.7. The summed E-state index contributed by atoms with van der Waals surface area (Å²) in [6.45, 7) is 4.48. The summed E-state index contributed by atoms with van der Waals surface area (Å²) in [5.41, 5.74) is -0.0753. The molecule has 3 aliphatic carbocycles. The van der Waals surface area contributed by atoms with Crippen molar-refractivity contribution in [2.24, 2.45) is 29.1 Å². The van der Waals surface area contributed by atoms with Gasteiger partial charge in [-0.15, -0.1) is 0 Å². The molecule has 0 aliphatic heterocycles. The number of unbranched alkanes of at least 4 members (excludes halogenated alkanes) is 1. The predicted octanol–water partition coefficient (Wildman–Crippen LogP) is 6.90. The Balaban J connectivity index is 1.35. The zero-order valence-electron chi connectivity index (χ0n) is 17.9. The summed E-state index contributed by atoms with van der Waals surface area (Å²) in [5.74, 6) is 3.89. The average molecular weight is 375 g/mol. The molecule has 3 fully saturated rings. The molecule has 2 nitrogen and oxygen atoms in total. The molecule has 0 aromatic rings. The normalized spacial score (nSPS) is 37.3. The van der Waals surface area contributed by atoms with Crippen molar-refractivity contribution < 1.29 is 9.59 Å². The highest BCUT2D eigenvalue weighted by molar-refractivity contribution is 5.84. The summed E-state index contributed by atoms with van der Waals surface area (Å²) < 4.78 is 0. The highest BCUT2D eigenvalue weighted by Crippen LogP contribution is 2.42. The Morgan fingerprint density at radius 3 is 1.93 bits per heavy atom. The van der Waals surface area contributed by atoms with Crippen LogP contribution in [0.4, 0.5) is 0 Å². The third kappa shape index (κ3) is 5.67. The number of carbonyl (C=O) groups excluding carboxylic acids is 2. The van der Waals surface area contributed by atoms with E-state index in [1.165, 1.54) is 51.4 Å². The first-order chi connectivity index (χ1) is 13.0. The quantitative estimate of drug-likeness (QED) is 0.454. The molecule has 0 heterocycles. The van der Waals surface area contributed by atoms with Crippen LogP contribution in [0.1, 0.15) is 117 Å². The van der Waals surface area contributed by atoms with Gasteiger partial charge in [0, 0.05) is 24.2 Å². The topological polar surface area (TPSA) is 34.1 Å². The molecule has 3 saturated carbocycles. The van der Waals surface area contributed by atoms with Crippen LogP contribution in [0.25, 0.3) is 0 Å². The van der Waals surface area contributed by atoms with E-state index in [1.807, 2.05) is 0 Å². The van der Waals surface area contributed by atoms with Crippen LogP contribution in [0, 0.1) is 29.1 Å². The number of Topliss-reactive ketones (excluding diaryl/α,β-unsaturated/α-hetero) is 2. The highest BCUT2D eigenvalue weighted by Gasteiger charge is 2.35. The van der Waals surface area contributed by atoms with Gasteiger partial charge in [0.2, 0.25) is 0 Å². The van der Waals surface area contributed by atoms with Gasteiger partial charge in [0.15, 0.2) is 0 Å². The van der Waals surface area contributed by atoms with Gasteiger partial charge in [-0.1, -0.05) is 39.5 Å². The van der Waals surface area contributed by atoms with E-state index in [9.17, 15) is 9.59 Å². The molecule has 2 unspecified atom stereocenters. The van der Waals surface area contributed by atoms with Crippen LogP contribution in [0.2, 0.25) is 0 Å². The summed E-state index contributed by atoms with van der Waals surface area (Å²) >= 11 is 0. The lowest BCUT2D eigenvalue weighted by atomic mass is 9.69. The summed E-state index contributed by atoms with van der Waals surface area (Å²) in [7, 11) is 0. The molecule has 0 radical (unpaired) electrons. The van der Waals surface area contributed by atoms with E-state index < -0.39 is 0 Å². The number of ketones is 2. The lowest BCUT2D eigenvalue weighted by Crippen LogP contribution is -2.32. The minimum atomic E-state index is -0.0753. The predicted molar refractivity (Wildman–Crippen MR) is 112 cm³/mol. The molecule has 3 rings (SSSR count). The molecule has 154 valence electrons. The van der Waals surface area contributed by atoms with Crippen LogP contribution in [-0.4, -0.2) is 11.6 Å². The monoisotopic (exact) mass is 374 g/mol. The zero-order valence-corrected chi connectivity index (χ0v) is 17.9. The number of hydrogen-bond acceptors (Lipinski definition) is 2. The van der Waals surface area contributed by atoms with Crippen molar-refractivity contribution in [1.82, 2.24) is 0 Å². The van der Waals surface area contributed by atoms with Gasteiger partial charge in [-0.05, 0) is 82.0 Å². The molecule has 0 saturated heterocycles. The van der Waals surface area contributed by atoms with Crippen LogP contribution in [0.5, 0.6) is 0 Å². The third-order valence-electron chi connectivity index (χ3n) is 8.42. The fraction of sp³-hybridized carbons (Fsp3) is 0.920. The average Bonchev–Trinajstić information content (AvgIpc) is 2.90. The summed E-state index contributed by atoms with van der Waals surface area (Å²) in [6.07, 6.45) is 18.2. The Hall–Kier alpha value is -0.660. The van der Waals surface area contributed by atoms with E-state index >= 15 is 0 Å². The van der Waals surface area contributed by atoms with Crippen molar-refractivity contribution in [3.8, 4) is 0 Å². The maximum absolute atomic E-state index is 12.7. The Morgan fingerprint density at radius 2 is 1.33 bits per heavy atom. The van der Waals surface area contributed by atoms with Gasteiger partial charge >= 0.3 is 0 Å². The molecule has 2 heteroatoms. The molecule has 3 aliphatic rings. The van der Waals surface area contributed by atoms with Gasteiger partial charge in [-0.3, -0.25) is 9.59 Å². The van der Waals surface area contributed by atoms with Gasteiger partial charge in [0.1, 0.15) is 11.6 Å². The van der Waals surface area contributed by atoms with E-state index in [2.05, 4.69) is 13.8 Å². The Morgan fingerprint density at radius 1 is 0.778 bits per heavy atom. The molecule has 0 spiro atoms. The van der Waals surface area contributed by atoms with Gasteiger partial charge in [-0.2, -0.15) is 0 Å². The Bertz CT molecular complexity index is 484. The smallest absolute Gasteiger partial charge is 0.138 e. The van der Waals surface area contributed by atoms with Gasteiger partial charge in [-0.25, -0.2) is 0 Å². The minimum absolute atomic E-state index is 0.0753. The summed E-state index contributed by atoms with van der Waals surface area (Å²) in [4.78, 5) is 25.4. The Labute approximate surface area is 167 Å². The third-order valence-corrected chi connectivity index (χ3v) is 8.42. The molecular weight excluding hydrogens is 332 g/mol. The summed E-state index contributed by atoms with van der Waals surface area (Å²) in [5, 5.41) is 0. The fourth-order valence-corrected chi connectivity index (χ4v) is 6.11. The second-order valence-corrected chi connectivity index (χ2v) is 10.5. The first kappa shape index (κ1) is 21.1. The van der Waals surface area contributed by atoms with Crippen molar-refractivity contribution in [1.29, 1.82) is 0 Å². The molecule has 0 N–H and O–H groups in total. The first-order valence-electron chi connectivity index (χ1n) is 12.0. The molecule has 0 aromatic carbocycles. The van der Waals surface area contributed by atoms with E-state index in [0.717, 1.165) is 56.3 Å². The highest BCUT2D eigenvalue weighted by atomic mass is 16.1. The second-order valence-electron chi connectivity index (χ2n) is 10.5. The van der Waals surface area contributed by atoms with Gasteiger partial charge in [0.25, 0.3) is 0 Å². The SMILES string of the molecule is CC1CCC(C)(C(=O)CCCCC(=O)C2CCC3CCCCC3CC2)CC1. The standard InChI is InChI=1S/C25H42O2/c1-19-15-17-25(2,18-16-19)24(27)10-6-5-9-23(26)22-13-11-20-7-3-4-8-21(20)12-14-22/h19-22H,3-18H2,1-2H3. The molecule has 2 atom stereocenters. The molecule has 0 aromatic heterocycles. The van der Waals surface area contributed by atoms with Crippen molar-refractivity contribution in [3.63, 3.8) is 0 Å². The molecule has 27 heavy (non-hydrogen) atoms. The van der Waals surface area contributed by atoms with Crippen LogP contribution in [-0.2, 0) is 9.59 Å². The van der Waals surface area contributed by atoms with Gasteiger partial charge < -0.3 is 0 Å². The summed E-state index contributed by atoms with van der Waals surface area (Å²) in [6, 6.07) is 0. The van der Waals surface area contributed by atoms with Crippen molar-refractivity contribution >= 4 is 11.6 Å². The Kier molecular flexibility index (Phi) is 7.57. The van der Waals surface area contributed by atoms with Gasteiger partial charge in [0.05, 0.1) is 0 Å². The van der Waals surface area contributed by atoms with E-state index in [0.29, 0.717) is 30.3 Å². The number of hydrogen-bond donors (Lipinski definition) is 0. The first-order valence-corrected chi connectivity index (χ1v) is 12.0. The van der Waals surface area contributed by atoms with E-state index in [1.54, 1.807) is 0 Å². The number of carbonyl (C=O) groups is 2. The van der Waals surface area contributed by atoms with Crippen LogP contribution < -0.4 is 0 Å². The largest absolute Gasteiger partial charge is 0.299 e. The van der Waals surface area contributed by atoms with E-state index in [-0.39, 0.29) is 5.41 Å². The van der Waals surface area contributed by atoms with Crippen LogP contribution >= 0.6 is 0 Å². The minimum Gasteiger partial charge on any atom is -0.299 e. The zero-order chi connectivity index (χ0) is 19.3. The second kappa shape index (κ2) is 9.70. The maximum Gasteiger partial charge on any atom is 0.138 e. The van der Waals surface area contributed by atoms with Crippen molar-refractivity contribution in [2.75, 3.05) is 0 Å². The molecular formula is C25H42O2. The number of rotatable bonds is 7. The van der Waals surface area contributed by atoms with Crippen molar-refractivity contribution in [3.05, 3.63) is 0 Å². The lowest BCUT2D eigenvalue weighted by Gasteiger charge is -2.35.